The van der Waals surface area contributed by atoms with Crippen LogP contribution in [0.3, 0.4) is 0 Å². The van der Waals surface area contributed by atoms with Crippen molar-refractivity contribution >= 4 is 11.9 Å². The highest BCUT2D eigenvalue weighted by atomic mass is 16.5. The number of aromatic nitrogens is 1. The Hall–Kier alpha value is -2.67. The average Bonchev–Trinajstić information content (AvgIpc) is 3.36. The highest BCUT2D eigenvalue weighted by Crippen LogP contribution is 2.49. The van der Waals surface area contributed by atoms with Gasteiger partial charge >= 0.3 is 5.97 Å². The third-order valence-electron chi connectivity index (χ3n) is 5.67. The first-order valence-electron chi connectivity index (χ1n) is 9.22. The first-order valence-corrected chi connectivity index (χ1v) is 9.22. The lowest BCUT2D eigenvalue weighted by Gasteiger charge is -2.26. The van der Waals surface area contributed by atoms with Crippen LogP contribution in [0.5, 0.6) is 0 Å². The second-order valence-corrected chi connectivity index (χ2v) is 7.28. The number of carboxylic acid groups (broad SMARTS) is 1. The number of oxazole rings is 1. The van der Waals surface area contributed by atoms with E-state index in [0.717, 1.165) is 30.4 Å². The van der Waals surface area contributed by atoms with Crippen LogP contribution in [-0.4, -0.2) is 34.2 Å². The van der Waals surface area contributed by atoms with Crippen LogP contribution in [0.2, 0.25) is 0 Å². The molecule has 0 saturated carbocycles. The van der Waals surface area contributed by atoms with Gasteiger partial charge in [-0.05, 0) is 36.8 Å². The number of ether oxygens (including phenoxy) is 1. The van der Waals surface area contributed by atoms with E-state index in [1.807, 2.05) is 24.3 Å². The Morgan fingerprint density at radius 2 is 1.93 bits per heavy atom. The molecule has 2 aliphatic heterocycles. The summed E-state index contributed by atoms with van der Waals surface area (Å²) < 4.78 is 11.7. The average molecular weight is 370 g/mol. The maximum absolute atomic E-state index is 11.4. The van der Waals surface area contributed by atoms with Gasteiger partial charge in [-0.3, -0.25) is 9.59 Å². The predicted molar refractivity (Wildman–Crippen MR) is 95.2 cm³/mol. The molecule has 3 heterocycles. The Labute approximate surface area is 156 Å². The zero-order valence-corrected chi connectivity index (χ0v) is 14.8. The van der Waals surface area contributed by atoms with Crippen molar-refractivity contribution in [3.63, 3.8) is 0 Å². The largest absolute Gasteiger partial charge is 0.481 e. The second-order valence-electron chi connectivity index (χ2n) is 7.28. The topological polar surface area (TPSA) is 116 Å². The number of carbonyl (C=O) groups excluding carboxylic acids is 1. The molecule has 0 aliphatic carbocycles. The molecule has 4 atom stereocenters. The third kappa shape index (κ3) is 3.47. The summed E-state index contributed by atoms with van der Waals surface area (Å²) in [6.45, 7) is 0. The van der Waals surface area contributed by atoms with Crippen LogP contribution in [0.15, 0.2) is 34.9 Å². The summed E-state index contributed by atoms with van der Waals surface area (Å²) in [6.07, 6.45) is 4.77. The van der Waals surface area contributed by atoms with Crippen LogP contribution in [0.25, 0.3) is 0 Å². The minimum absolute atomic E-state index is 0.0237. The summed E-state index contributed by atoms with van der Waals surface area (Å²) in [5, 5.41) is 9.00. The van der Waals surface area contributed by atoms with Gasteiger partial charge in [0.2, 0.25) is 5.89 Å². The van der Waals surface area contributed by atoms with Crippen LogP contribution in [-0.2, 0) is 22.4 Å². The van der Waals surface area contributed by atoms with Crippen LogP contribution in [0.4, 0.5) is 0 Å². The lowest BCUT2D eigenvalue weighted by molar-refractivity contribution is -0.136. The summed E-state index contributed by atoms with van der Waals surface area (Å²) in [7, 11) is 0. The van der Waals surface area contributed by atoms with Gasteiger partial charge in [0.05, 0.1) is 18.1 Å². The van der Waals surface area contributed by atoms with Crippen molar-refractivity contribution in [3.05, 3.63) is 53.2 Å². The van der Waals surface area contributed by atoms with Gasteiger partial charge in [-0.1, -0.05) is 24.3 Å². The molecule has 3 N–H and O–H groups in total. The number of hydrogen-bond donors (Lipinski definition) is 2. The highest BCUT2D eigenvalue weighted by Gasteiger charge is 2.51. The molecular weight excluding hydrogens is 348 g/mol. The Kier molecular flexibility index (Phi) is 4.70. The van der Waals surface area contributed by atoms with Gasteiger partial charge < -0.3 is 20.0 Å². The van der Waals surface area contributed by atoms with E-state index in [1.165, 1.54) is 6.26 Å². The minimum Gasteiger partial charge on any atom is -0.481 e. The van der Waals surface area contributed by atoms with Crippen molar-refractivity contribution < 1.29 is 23.8 Å². The van der Waals surface area contributed by atoms with Gasteiger partial charge in [0, 0.05) is 12.3 Å². The number of hydrogen-bond acceptors (Lipinski definition) is 5. The van der Waals surface area contributed by atoms with Gasteiger partial charge in [0.1, 0.15) is 6.26 Å². The quantitative estimate of drug-likeness (QED) is 0.772. The van der Waals surface area contributed by atoms with Crippen molar-refractivity contribution in [2.45, 2.75) is 50.2 Å². The number of nitrogens with zero attached hydrogens (tertiary/aromatic N) is 1. The number of carbonyl (C=O) groups is 2. The maximum Gasteiger partial charge on any atom is 0.303 e. The fourth-order valence-corrected chi connectivity index (χ4v) is 4.43. The Morgan fingerprint density at radius 1 is 1.19 bits per heavy atom. The van der Waals surface area contributed by atoms with Crippen LogP contribution in [0.1, 0.15) is 52.7 Å². The summed E-state index contributed by atoms with van der Waals surface area (Å²) in [6, 6.07) is 7.93. The number of benzene rings is 1. The normalized spacial score (nSPS) is 26.4. The van der Waals surface area contributed by atoms with Crippen LogP contribution >= 0.6 is 0 Å². The molecule has 2 saturated heterocycles. The molecule has 2 fully saturated rings. The van der Waals surface area contributed by atoms with Gasteiger partial charge in [-0.25, -0.2) is 4.98 Å². The summed E-state index contributed by atoms with van der Waals surface area (Å²) >= 11 is 0. The van der Waals surface area contributed by atoms with Gasteiger partial charge in [-0.15, -0.1) is 0 Å². The molecule has 1 aromatic heterocycles. The van der Waals surface area contributed by atoms with Crippen molar-refractivity contribution in [1.82, 2.24) is 4.98 Å². The number of aryl methyl sites for hydroxylation is 1. The molecule has 0 radical (unpaired) electrons. The Balaban J connectivity index is 1.58. The number of nitrogens with two attached hydrogens (primary N) is 1. The van der Waals surface area contributed by atoms with E-state index in [2.05, 4.69) is 4.98 Å². The van der Waals surface area contributed by atoms with E-state index in [1.54, 1.807) is 0 Å². The molecule has 4 rings (SSSR count). The second kappa shape index (κ2) is 7.15. The number of fused-ring (bicyclic) bond motifs is 2. The molecule has 142 valence electrons. The molecule has 2 bridgehead atoms. The molecule has 27 heavy (non-hydrogen) atoms. The molecule has 7 heteroatoms. The summed E-state index contributed by atoms with van der Waals surface area (Å²) in [5.41, 5.74) is 7.61. The van der Waals surface area contributed by atoms with Crippen LogP contribution in [0, 0.1) is 5.92 Å². The molecule has 0 unspecified atom stereocenters. The van der Waals surface area contributed by atoms with Crippen molar-refractivity contribution in [2.24, 2.45) is 11.7 Å². The first kappa shape index (κ1) is 17.7. The first-order chi connectivity index (χ1) is 13.0. The lowest BCUT2D eigenvalue weighted by atomic mass is 9.75. The summed E-state index contributed by atoms with van der Waals surface area (Å²) in [5.74, 6) is -0.753. The zero-order valence-electron chi connectivity index (χ0n) is 14.8. The highest BCUT2D eigenvalue weighted by molar-refractivity contribution is 5.90. The Bertz CT molecular complexity index is 862. The van der Waals surface area contributed by atoms with E-state index >= 15 is 0 Å². The number of rotatable bonds is 7. The minimum atomic E-state index is -0.801. The molecule has 0 spiro atoms. The fraction of sp³-hybridized carbons (Fsp3) is 0.450. The number of amides is 1. The molecule has 2 aliphatic rings. The molecule has 2 aromatic rings. The molecular formula is C20H22N2O5. The smallest absolute Gasteiger partial charge is 0.303 e. The third-order valence-corrected chi connectivity index (χ3v) is 5.67. The standard InChI is InChI=1S/C20H22N2O5/c21-19(25)14-10-26-20(22-14)18-13(15-6-7-16(18)27-15)9-12-4-2-1-3-11(12)5-8-17(23)24/h1-4,10,13,15-16,18H,5-9H2,(H2,21,25)(H,23,24)/t13-,15-,16+,18-/m0/s1. The van der Waals surface area contributed by atoms with Crippen molar-refractivity contribution in [1.29, 1.82) is 0 Å². The maximum atomic E-state index is 11.4. The lowest BCUT2D eigenvalue weighted by Crippen LogP contribution is -2.28. The number of primary amides is 1. The fourth-order valence-electron chi connectivity index (χ4n) is 4.43. The van der Waals surface area contributed by atoms with E-state index in [-0.39, 0.29) is 36.2 Å². The monoisotopic (exact) mass is 370 g/mol. The molecule has 1 amide bonds. The molecule has 7 nitrogen and oxygen atoms in total. The van der Waals surface area contributed by atoms with Gasteiger partial charge in [0.25, 0.3) is 5.91 Å². The van der Waals surface area contributed by atoms with Gasteiger partial charge in [0.15, 0.2) is 5.69 Å². The van der Waals surface area contributed by atoms with Crippen molar-refractivity contribution in [3.8, 4) is 0 Å². The van der Waals surface area contributed by atoms with Crippen molar-refractivity contribution in [2.75, 3.05) is 0 Å². The molecule has 1 aromatic carbocycles. The van der Waals surface area contributed by atoms with Gasteiger partial charge in [-0.2, -0.15) is 0 Å². The summed E-state index contributed by atoms with van der Waals surface area (Å²) in [4.78, 5) is 26.6. The Morgan fingerprint density at radius 3 is 2.63 bits per heavy atom. The van der Waals surface area contributed by atoms with Crippen LogP contribution < -0.4 is 5.73 Å². The van der Waals surface area contributed by atoms with E-state index in [9.17, 15) is 9.59 Å². The van der Waals surface area contributed by atoms with E-state index < -0.39 is 11.9 Å². The van der Waals surface area contributed by atoms with E-state index in [0.29, 0.717) is 12.3 Å². The van der Waals surface area contributed by atoms with E-state index in [4.69, 9.17) is 20.0 Å². The predicted octanol–water partition coefficient (Wildman–Crippen LogP) is 2.29. The number of aliphatic carboxylic acids is 1. The SMILES string of the molecule is NC(=O)c1coc([C@H]2[C@@H](Cc3ccccc3CCC(=O)O)[C@@H]3CC[C@H]2O3)n1. The zero-order chi connectivity index (χ0) is 19.0. The number of carboxylic acids is 1.